The highest BCUT2D eigenvalue weighted by molar-refractivity contribution is 5.04. The van der Waals surface area contributed by atoms with E-state index in [-0.39, 0.29) is 5.54 Å². The molecule has 0 radical (unpaired) electrons. The topological polar surface area (TPSA) is 37.8 Å². The summed E-state index contributed by atoms with van der Waals surface area (Å²) in [6.07, 6.45) is 3.48. The summed E-state index contributed by atoms with van der Waals surface area (Å²) < 4.78 is 0. The number of aromatic nitrogens is 2. The van der Waals surface area contributed by atoms with Gasteiger partial charge >= 0.3 is 0 Å². The lowest BCUT2D eigenvalue weighted by Gasteiger charge is -2.20. The van der Waals surface area contributed by atoms with Crippen LogP contribution in [0, 0.1) is 0 Å². The number of hydrogen-bond donors (Lipinski definition) is 1. The minimum absolute atomic E-state index is 0.156. The van der Waals surface area contributed by atoms with Gasteiger partial charge < -0.3 is 5.32 Å². The highest BCUT2D eigenvalue weighted by Gasteiger charge is 2.07. The van der Waals surface area contributed by atoms with Gasteiger partial charge in [-0.1, -0.05) is 0 Å². The van der Waals surface area contributed by atoms with Crippen LogP contribution >= 0.6 is 0 Å². The monoisotopic (exact) mass is 165 g/mol. The molecule has 0 spiro atoms. The van der Waals surface area contributed by atoms with E-state index in [2.05, 4.69) is 36.3 Å². The maximum absolute atomic E-state index is 3.80. The minimum atomic E-state index is 0.156. The molecule has 0 aromatic carbocycles. The lowest BCUT2D eigenvalue weighted by atomic mass is 10.1. The Hall–Kier alpha value is -0.960. The highest BCUT2D eigenvalue weighted by Crippen LogP contribution is 2.01. The largest absolute Gasteiger partial charge is 0.308 e. The number of nitrogens with one attached hydrogen (secondary N) is 1. The standard InChI is InChI=1S/C9H15N3/c1-9(2,3)10-6-8-4-5-11-12-7-8/h4-5,7,10H,6H2,1-3H3. The highest BCUT2D eigenvalue weighted by atomic mass is 15.1. The summed E-state index contributed by atoms with van der Waals surface area (Å²) in [4.78, 5) is 0. The van der Waals surface area contributed by atoms with Crippen molar-refractivity contribution in [2.75, 3.05) is 0 Å². The molecule has 0 atom stereocenters. The fraction of sp³-hybridized carbons (Fsp3) is 0.556. The van der Waals surface area contributed by atoms with Gasteiger partial charge in [-0.3, -0.25) is 0 Å². The molecule has 1 N–H and O–H groups in total. The summed E-state index contributed by atoms with van der Waals surface area (Å²) in [7, 11) is 0. The van der Waals surface area contributed by atoms with Gasteiger partial charge in [-0.05, 0) is 32.4 Å². The lowest BCUT2D eigenvalue weighted by Crippen LogP contribution is -2.35. The summed E-state index contributed by atoms with van der Waals surface area (Å²) in [6, 6.07) is 1.96. The molecular formula is C9H15N3. The Morgan fingerprint density at radius 1 is 1.33 bits per heavy atom. The van der Waals surface area contributed by atoms with E-state index in [4.69, 9.17) is 0 Å². The third kappa shape index (κ3) is 3.44. The van der Waals surface area contributed by atoms with Crippen LogP contribution in [0.3, 0.4) is 0 Å². The van der Waals surface area contributed by atoms with E-state index >= 15 is 0 Å². The zero-order chi connectivity index (χ0) is 9.03. The molecule has 3 heteroatoms. The van der Waals surface area contributed by atoms with Gasteiger partial charge in [-0.15, -0.1) is 0 Å². The predicted octanol–water partition coefficient (Wildman–Crippen LogP) is 1.36. The van der Waals surface area contributed by atoms with Crippen molar-refractivity contribution < 1.29 is 0 Å². The molecule has 66 valence electrons. The van der Waals surface area contributed by atoms with Crippen LogP contribution in [0.25, 0.3) is 0 Å². The molecule has 0 aliphatic rings. The summed E-state index contributed by atoms with van der Waals surface area (Å²) >= 11 is 0. The molecule has 0 saturated carbocycles. The smallest absolute Gasteiger partial charge is 0.0541 e. The van der Waals surface area contributed by atoms with Gasteiger partial charge in [-0.2, -0.15) is 10.2 Å². The molecule has 1 heterocycles. The predicted molar refractivity (Wildman–Crippen MR) is 48.6 cm³/mol. The van der Waals surface area contributed by atoms with Crippen LogP contribution in [0.5, 0.6) is 0 Å². The average Bonchev–Trinajstić information content (AvgIpc) is 2.02. The first kappa shape index (κ1) is 9.13. The van der Waals surface area contributed by atoms with Gasteiger partial charge in [0.25, 0.3) is 0 Å². The Morgan fingerprint density at radius 3 is 2.58 bits per heavy atom. The Morgan fingerprint density at radius 2 is 2.08 bits per heavy atom. The van der Waals surface area contributed by atoms with Crippen LogP contribution in [0.1, 0.15) is 26.3 Å². The number of hydrogen-bond acceptors (Lipinski definition) is 3. The van der Waals surface area contributed by atoms with Crippen molar-refractivity contribution in [3.05, 3.63) is 24.0 Å². The Labute approximate surface area is 73.2 Å². The molecule has 12 heavy (non-hydrogen) atoms. The second-order valence-corrected chi connectivity index (χ2v) is 3.85. The Kier molecular flexibility index (Phi) is 2.76. The van der Waals surface area contributed by atoms with Crippen molar-refractivity contribution in [1.29, 1.82) is 0 Å². The van der Waals surface area contributed by atoms with Gasteiger partial charge in [0.15, 0.2) is 0 Å². The number of rotatable bonds is 2. The molecule has 0 bridgehead atoms. The quantitative estimate of drug-likeness (QED) is 0.719. The molecular weight excluding hydrogens is 150 g/mol. The van der Waals surface area contributed by atoms with Crippen molar-refractivity contribution in [2.24, 2.45) is 0 Å². The molecule has 0 aliphatic heterocycles. The molecule has 1 rings (SSSR count). The Balaban J connectivity index is 2.44. The minimum Gasteiger partial charge on any atom is -0.308 e. The summed E-state index contributed by atoms with van der Waals surface area (Å²) in [5.41, 5.74) is 1.32. The molecule has 0 saturated heterocycles. The van der Waals surface area contributed by atoms with Crippen molar-refractivity contribution in [3.8, 4) is 0 Å². The van der Waals surface area contributed by atoms with Crippen molar-refractivity contribution in [3.63, 3.8) is 0 Å². The molecule has 1 aromatic heterocycles. The second kappa shape index (κ2) is 3.63. The number of nitrogens with zero attached hydrogens (tertiary/aromatic N) is 2. The fourth-order valence-electron chi connectivity index (χ4n) is 0.790. The van der Waals surface area contributed by atoms with E-state index in [1.807, 2.05) is 6.07 Å². The van der Waals surface area contributed by atoms with Gasteiger partial charge in [0.2, 0.25) is 0 Å². The maximum atomic E-state index is 3.80. The van der Waals surface area contributed by atoms with Gasteiger partial charge in [0, 0.05) is 18.3 Å². The van der Waals surface area contributed by atoms with E-state index in [1.165, 1.54) is 5.56 Å². The van der Waals surface area contributed by atoms with E-state index < -0.39 is 0 Å². The van der Waals surface area contributed by atoms with Crippen molar-refractivity contribution in [1.82, 2.24) is 15.5 Å². The van der Waals surface area contributed by atoms with Crippen LogP contribution in [0.15, 0.2) is 18.5 Å². The molecule has 0 fully saturated rings. The zero-order valence-corrected chi connectivity index (χ0v) is 7.83. The van der Waals surface area contributed by atoms with E-state index in [0.29, 0.717) is 0 Å². The summed E-state index contributed by atoms with van der Waals surface area (Å²) in [5, 5.41) is 10.9. The zero-order valence-electron chi connectivity index (χ0n) is 7.83. The van der Waals surface area contributed by atoms with Crippen LogP contribution in [0.4, 0.5) is 0 Å². The molecule has 1 aromatic rings. The second-order valence-electron chi connectivity index (χ2n) is 3.85. The van der Waals surface area contributed by atoms with E-state index in [1.54, 1.807) is 12.4 Å². The normalized spacial score (nSPS) is 11.6. The SMILES string of the molecule is CC(C)(C)NCc1ccnnc1. The first-order valence-corrected chi connectivity index (χ1v) is 4.08. The van der Waals surface area contributed by atoms with Crippen LogP contribution < -0.4 is 5.32 Å². The van der Waals surface area contributed by atoms with E-state index in [9.17, 15) is 0 Å². The lowest BCUT2D eigenvalue weighted by molar-refractivity contribution is 0.424. The maximum Gasteiger partial charge on any atom is 0.0541 e. The third-order valence-corrected chi connectivity index (χ3v) is 1.47. The van der Waals surface area contributed by atoms with Gasteiger partial charge in [0.05, 0.1) is 6.20 Å². The van der Waals surface area contributed by atoms with Gasteiger partial charge in [0.1, 0.15) is 0 Å². The average molecular weight is 165 g/mol. The molecule has 3 nitrogen and oxygen atoms in total. The van der Waals surface area contributed by atoms with Crippen molar-refractivity contribution >= 4 is 0 Å². The first-order valence-electron chi connectivity index (χ1n) is 4.08. The Bertz CT molecular complexity index is 225. The van der Waals surface area contributed by atoms with Crippen molar-refractivity contribution in [2.45, 2.75) is 32.9 Å². The van der Waals surface area contributed by atoms with Crippen LogP contribution in [-0.2, 0) is 6.54 Å². The molecule has 0 amide bonds. The first-order chi connectivity index (χ1) is 5.58. The summed E-state index contributed by atoms with van der Waals surface area (Å²) in [5.74, 6) is 0. The third-order valence-electron chi connectivity index (χ3n) is 1.47. The molecule has 0 aliphatic carbocycles. The van der Waals surface area contributed by atoms with Crippen LogP contribution in [0.2, 0.25) is 0 Å². The van der Waals surface area contributed by atoms with E-state index in [0.717, 1.165) is 6.54 Å². The van der Waals surface area contributed by atoms with Crippen LogP contribution in [-0.4, -0.2) is 15.7 Å². The fourth-order valence-corrected chi connectivity index (χ4v) is 0.790. The summed E-state index contributed by atoms with van der Waals surface area (Å²) in [6.45, 7) is 7.27. The molecule has 0 unspecified atom stereocenters. The van der Waals surface area contributed by atoms with Gasteiger partial charge in [-0.25, -0.2) is 0 Å².